The molecule has 0 radical (unpaired) electrons. The van der Waals surface area contributed by atoms with E-state index in [0.717, 1.165) is 13.1 Å². The average molecular weight is 157 g/mol. The van der Waals surface area contributed by atoms with E-state index in [0.29, 0.717) is 8.73 Å². The van der Waals surface area contributed by atoms with Crippen molar-refractivity contribution < 1.29 is 0 Å². The van der Waals surface area contributed by atoms with Gasteiger partial charge in [0, 0.05) is 6.66 Å². The van der Waals surface area contributed by atoms with E-state index in [1.807, 2.05) is 0 Å². The van der Waals surface area contributed by atoms with E-state index >= 15 is 0 Å². The molecule has 0 aromatic carbocycles. The summed E-state index contributed by atoms with van der Waals surface area (Å²) in [5, 5.41) is 0. The molecule has 1 saturated heterocycles. The summed E-state index contributed by atoms with van der Waals surface area (Å²) >= 11 is 0. The van der Waals surface area contributed by atoms with Crippen LogP contribution in [0.5, 0.6) is 0 Å². The van der Waals surface area contributed by atoms with E-state index in [1.54, 1.807) is 0 Å². The first-order valence-electron chi connectivity index (χ1n) is 3.80. The second kappa shape index (κ2) is 4.52. The summed E-state index contributed by atoms with van der Waals surface area (Å²) in [5.74, 6) is 0. The molecular formula is C7H14N2P+. The lowest BCUT2D eigenvalue weighted by Crippen LogP contribution is -2.24. The van der Waals surface area contributed by atoms with Crippen molar-refractivity contribution in [2.24, 2.45) is 0 Å². The van der Waals surface area contributed by atoms with Crippen molar-refractivity contribution in [1.29, 1.82) is 0 Å². The molecular weight excluding hydrogens is 143 g/mol. The van der Waals surface area contributed by atoms with Gasteiger partial charge in [0.25, 0.3) is 0 Å². The standard InChI is InChI=1S/C7H14N2P/c1-10-8-7-9-5-3-2-4-6-9/h10H,2-6H2,1H3/q+1. The molecule has 0 spiro atoms. The number of piperidine rings is 1. The molecule has 1 heterocycles. The number of nitrogens with zero attached hydrogens (tertiary/aromatic N) is 2. The van der Waals surface area contributed by atoms with Crippen molar-refractivity contribution in [3.8, 4) is 6.19 Å². The summed E-state index contributed by atoms with van der Waals surface area (Å²) in [6, 6.07) is 0. The van der Waals surface area contributed by atoms with Crippen LogP contribution in [0, 0.1) is 6.19 Å². The molecule has 0 saturated carbocycles. The Morgan fingerprint density at radius 3 is 2.60 bits per heavy atom. The predicted octanol–water partition coefficient (Wildman–Crippen LogP) is 1.99. The first kappa shape index (κ1) is 7.82. The van der Waals surface area contributed by atoms with Crippen molar-refractivity contribution in [1.82, 2.24) is 4.90 Å². The topological polar surface area (TPSA) is 7.60 Å². The molecule has 10 heavy (non-hydrogen) atoms. The maximum absolute atomic E-state index is 4.10. The third kappa shape index (κ3) is 2.54. The number of rotatable bonds is 0. The van der Waals surface area contributed by atoms with Crippen LogP contribution < -0.4 is 0 Å². The van der Waals surface area contributed by atoms with Gasteiger partial charge in [-0.2, -0.15) is 4.62 Å². The number of hydrogen-bond donors (Lipinski definition) is 0. The Bertz CT molecular complexity index is 141. The van der Waals surface area contributed by atoms with Crippen molar-refractivity contribution in [3.05, 3.63) is 4.62 Å². The number of hydrogen-bond acceptors (Lipinski definition) is 1. The van der Waals surface area contributed by atoms with Crippen molar-refractivity contribution in [3.63, 3.8) is 0 Å². The Balaban J connectivity index is 2.25. The fourth-order valence-corrected chi connectivity index (χ4v) is 1.36. The summed E-state index contributed by atoms with van der Waals surface area (Å²) in [7, 11) is 0.654. The minimum absolute atomic E-state index is 0.654. The lowest BCUT2D eigenvalue weighted by molar-refractivity contribution is 0.326. The summed E-state index contributed by atoms with van der Waals surface area (Å²) in [6.45, 7) is 4.39. The summed E-state index contributed by atoms with van der Waals surface area (Å²) in [5.41, 5.74) is 0. The van der Waals surface area contributed by atoms with Gasteiger partial charge >= 0.3 is 6.19 Å². The molecule has 0 amide bonds. The Hall–Kier alpha value is -0.280. The van der Waals surface area contributed by atoms with Crippen LogP contribution in [0.4, 0.5) is 0 Å². The predicted molar refractivity (Wildman–Crippen MR) is 46.9 cm³/mol. The fraction of sp³-hybridized carbons (Fsp3) is 0.857. The van der Waals surface area contributed by atoms with Gasteiger partial charge in [-0.1, -0.05) is 0 Å². The molecule has 56 valence electrons. The third-order valence-electron chi connectivity index (χ3n) is 1.66. The van der Waals surface area contributed by atoms with E-state index in [2.05, 4.69) is 22.4 Å². The highest BCUT2D eigenvalue weighted by Gasteiger charge is 2.12. The second-order valence-electron chi connectivity index (χ2n) is 2.48. The fourth-order valence-electron chi connectivity index (χ4n) is 1.11. The average Bonchev–Trinajstić information content (AvgIpc) is 2.03. The van der Waals surface area contributed by atoms with Gasteiger partial charge < -0.3 is 0 Å². The van der Waals surface area contributed by atoms with Crippen molar-refractivity contribution in [2.45, 2.75) is 19.3 Å². The molecule has 0 N–H and O–H groups in total. The maximum Gasteiger partial charge on any atom is 0.372 e. The van der Waals surface area contributed by atoms with E-state index in [1.165, 1.54) is 19.3 Å². The van der Waals surface area contributed by atoms with Gasteiger partial charge in [0.2, 0.25) is 0 Å². The lowest BCUT2D eigenvalue weighted by atomic mass is 10.1. The zero-order valence-electron chi connectivity index (χ0n) is 6.43. The quantitative estimate of drug-likeness (QED) is 0.385. The molecule has 0 aromatic heterocycles. The van der Waals surface area contributed by atoms with Crippen LogP contribution in [0.3, 0.4) is 0 Å². The Labute approximate surface area is 64.3 Å². The molecule has 1 aliphatic rings. The van der Waals surface area contributed by atoms with Gasteiger partial charge in [-0.25, -0.2) is 4.90 Å². The highest BCUT2D eigenvalue weighted by atomic mass is 31.1. The molecule has 1 rings (SSSR count). The Kier molecular flexibility index (Phi) is 3.54. The lowest BCUT2D eigenvalue weighted by Gasteiger charge is -2.13. The normalized spacial score (nSPS) is 19.1. The van der Waals surface area contributed by atoms with E-state index < -0.39 is 0 Å². The van der Waals surface area contributed by atoms with E-state index in [4.69, 9.17) is 0 Å². The highest BCUT2D eigenvalue weighted by Crippen LogP contribution is 2.09. The summed E-state index contributed by atoms with van der Waals surface area (Å²) in [6.07, 6.45) is 7.05. The van der Waals surface area contributed by atoms with Gasteiger partial charge in [-0.05, 0) is 19.3 Å². The summed E-state index contributed by atoms with van der Waals surface area (Å²) < 4.78 is 4.10. The van der Waals surface area contributed by atoms with Gasteiger partial charge in [0.1, 0.15) is 0 Å². The van der Waals surface area contributed by atoms with Crippen LogP contribution in [0.1, 0.15) is 19.3 Å². The van der Waals surface area contributed by atoms with Crippen LogP contribution in [-0.4, -0.2) is 24.7 Å². The Morgan fingerprint density at radius 2 is 2.00 bits per heavy atom. The Morgan fingerprint density at radius 1 is 1.30 bits per heavy atom. The highest BCUT2D eigenvalue weighted by molar-refractivity contribution is 7.39. The largest absolute Gasteiger partial charge is 0.372 e. The number of likely N-dealkylation sites (tertiary alicyclic amines) is 1. The van der Waals surface area contributed by atoms with Crippen LogP contribution in [0.15, 0.2) is 0 Å². The molecule has 0 bridgehead atoms. The molecule has 1 aliphatic heterocycles. The molecule has 2 nitrogen and oxygen atoms in total. The van der Waals surface area contributed by atoms with Crippen LogP contribution in [-0.2, 0) is 0 Å². The smallest absolute Gasteiger partial charge is 0.210 e. The van der Waals surface area contributed by atoms with Crippen molar-refractivity contribution in [2.75, 3.05) is 19.8 Å². The van der Waals surface area contributed by atoms with Gasteiger partial charge in [-0.15, -0.1) is 0 Å². The van der Waals surface area contributed by atoms with Gasteiger partial charge in [0.15, 0.2) is 8.73 Å². The first-order chi connectivity index (χ1) is 4.93. The molecule has 0 aromatic rings. The zero-order valence-corrected chi connectivity index (χ0v) is 7.43. The minimum Gasteiger partial charge on any atom is -0.210 e. The van der Waals surface area contributed by atoms with Crippen molar-refractivity contribution >= 4 is 8.73 Å². The molecule has 0 aliphatic carbocycles. The van der Waals surface area contributed by atoms with Crippen LogP contribution in [0.25, 0.3) is 4.62 Å². The SMILES string of the molecule is CP[N+]#CN1CCCCC1. The molecule has 3 heteroatoms. The van der Waals surface area contributed by atoms with E-state index in [-0.39, 0.29) is 0 Å². The second-order valence-corrected chi connectivity index (χ2v) is 3.15. The first-order valence-corrected chi connectivity index (χ1v) is 5.25. The maximum atomic E-state index is 4.10. The third-order valence-corrected chi connectivity index (χ3v) is 1.98. The minimum atomic E-state index is 0.654. The zero-order chi connectivity index (χ0) is 7.23. The summed E-state index contributed by atoms with van der Waals surface area (Å²) in [4.78, 5) is 2.19. The van der Waals surface area contributed by atoms with Crippen LogP contribution in [0.2, 0.25) is 0 Å². The monoisotopic (exact) mass is 157 g/mol. The van der Waals surface area contributed by atoms with Gasteiger partial charge in [-0.3, -0.25) is 0 Å². The molecule has 1 unspecified atom stereocenters. The van der Waals surface area contributed by atoms with Gasteiger partial charge in [0.05, 0.1) is 13.1 Å². The van der Waals surface area contributed by atoms with E-state index in [9.17, 15) is 0 Å². The molecule has 1 fully saturated rings. The molecule has 1 atom stereocenters. The van der Waals surface area contributed by atoms with Crippen LogP contribution >= 0.6 is 8.73 Å².